The Kier molecular flexibility index (Phi) is 4.44. The summed E-state index contributed by atoms with van der Waals surface area (Å²) in [5, 5.41) is 0. The Morgan fingerprint density at radius 1 is 1.27 bits per heavy atom. The summed E-state index contributed by atoms with van der Waals surface area (Å²) in [5.41, 5.74) is 1.49. The van der Waals surface area contributed by atoms with Gasteiger partial charge in [0.15, 0.2) is 0 Å². The van der Waals surface area contributed by atoms with E-state index >= 15 is 0 Å². The van der Waals surface area contributed by atoms with Crippen molar-refractivity contribution in [3.63, 3.8) is 0 Å². The lowest BCUT2D eigenvalue weighted by atomic mass is 9.90. The molecule has 0 saturated heterocycles. The first-order chi connectivity index (χ1) is 10.2. The number of alkyl halides is 3. The van der Waals surface area contributed by atoms with Crippen LogP contribution in [0.2, 0.25) is 0 Å². The standard InChI is InChI=1S/C15H17F3N2O2/c1-19(2)13(21)9-12-11-6-4-3-5-10(11)7-8-20(12)14(22)15(16,17)18/h3-6,12H,7-9H2,1-2H3. The molecule has 1 aromatic carbocycles. The van der Waals surface area contributed by atoms with Crippen LogP contribution in [0.1, 0.15) is 23.6 Å². The first-order valence-electron chi connectivity index (χ1n) is 6.87. The highest BCUT2D eigenvalue weighted by Crippen LogP contribution is 2.35. The molecule has 0 saturated carbocycles. The van der Waals surface area contributed by atoms with Crippen molar-refractivity contribution >= 4 is 11.8 Å². The number of hydrogen-bond acceptors (Lipinski definition) is 2. The highest BCUT2D eigenvalue weighted by atomic mass is 19.4. The number of halogens is 3. The maximum atomic E-state index is 12.8. The number of carbonyl (C=O) groups is 2. The molecule has 4 nitrogen and oxygen atoms in total. The van der Waals surface area contributed by atoms with E-state index in [2.05, 4.69) is 0 Å². The van der Waals surface area contributed by atoms with E-state index in [0.717, 1.165) is 10.5 Å². The molecule has 1 atom stereocenters. The van der Waals surface area contributed by atoms with Crippen molar-refractivity contribution in [3.8, 4) is 0 Å². The van der Waals surface area contributed by atoms with Gasteiger partial charge in [-0.05, 0) is 17.5 Å². The molecule has 0 N–H and O–H groups in total. The van der Waals surface area contributed by atoms with Crippen LogP contribution in [0.3, 0.4) is 0 Å². The molecule has 0 aliphatic carbocycles. The van der Waals surface area contributed by atoms with Crippen LogP contribution in [-0.2, 0) is 16.0 Å². The maximum absolute atomic E-state index is 12.8. The minimum Gasteiger partial charge on any atom is -0.349 e. The zero-order valence-electron chi connectivity index (χ0n) is 12.4. The Hall–Kier alpha value is -2.05. The summed E-state index contributed by atoms with van der Waals surface area (Å²) in [6.45, 7) is -0.0409. The number of carbonyl (C=O) groups excluding carboxylic acids is 2. The van der Waals surface area contributed by atoms with Crippen LogP contribution >= 0.6 is 0 Å². The van der Waals surface area contributed by atoms with Gasteiger partial charge in [-0.2, -0.15) is 13.2 Å². The molecule has 22 heavy (non-hydrogen) atoms. The van der Waals surface area contributed by atoms with Gasteiger partial charge in [0.2, 0.25) is 5.91 Å². The SMILES string of the molecule is CN(C)C(=O)CC1c2ccccc2CCN1C(=O)C(F)(F)F. The van der Waals surface area contributed by atoms with Crippen LogP contribution in [0.5, 0.6) is 0 Å². The smallest absolute Gasteiger partial charge is 0.349 e. The molecule has 1 heterocycles. The Morgan fingerprint density at radius 2 is 1.91 bits per heavy atom. The molecule has 2 rings (SSSR count). The van der Waals surface area contributed by atoms with Gasteiger partial charge in [-0.3, -0.25) is 9.59 Å². The van der Waals surface area contributed by atoms with Gasteiger partial charge in [0.05, 0.1) is 12.5 Å². The summed E-state index contributed by atoms with van der Waals surface area (Å²) in [5.74, 6) is -2.21. The van der Waals surface area contributed by atoms with E-state index in [4.69, 9.17) is 0 Å². The summed E-state index contributed by atoms with van der Waals surface area (Å²) in [6, 6.07) is 6.11. The molecule has 0 bridgehead atoms. The molecule has 2 amide bonds. The molecular formula is C15H17F3N2O2. The molecular weight excluding hydrogens is 297 g/mol. The molecule has 1 aliphatic rings. The fraction of sp³-hybridized carbons (Fsp3) is 0.467. The van der Waals surface area contributed by atoms with Crippen LogP contribution in [0.25, 0.3) is 0 Å². The summed E-state index contributed by atoms with van der Waals surface area (Å²) < 4.78 is 38.4. The summed E-state index contributed by atoms with van der Waals surface area (Å²) in [7, 11) is 3.07. The third-order valence-electron chi connectivity index (χ3n) is 3.78. The average Bonchev–Trinajstić information content (AvgIpc) is 2.45. The minimum absolute atomic E-state index is 0.0409. The van der Waals surface area contributed by atoms with Gasteiger partial charge in [0.1, 0.15) is 0 Å². The summed E-state index contributed by atoms with van der Waals surface area (Å²) in [6.07, 6.45) is -4.75. The largest absolute Gasteiger partial charge is 0.471 e. The van der Waals surface area contributed by atoms with E-state index in [1.807, 2.05) is 6.07 Å². The predicted octanol–water partition coefficient (Wildman–Crippen LogP) is 2.15. The van der Waals surface area contributed by atoms with Crippen LogP contribution in [0, 0.1) is 0 Å². The van der Waals surface area contributed by atoms with Crippen LogP contribution in [0.15, 0.2) is 24.3 Å². The molecule has 0 spiro atoms. The van der Waals surface area contributed by atoms with E-state index in [1.165, 1.54) is 19.0 Å². The Labute approximate surface area is 126 Å². The zero-order chi connectivity index (χ0) is 16.5. The molecule has 0 fully saturated rings. The molecule has 1 aromatic rings. The fourth-order valence-electron chi connectivity index (χ4n) is 2.63. The molecule has 7 heteroatoms. The Balaban J connectivity index is 2.38. The molecule has 0 radical (unpaired) electrons. The zero-order valence-corrected chi connectivity index (χ0v) is 12.4. The van der Waals surface area contributed by atoms with Gasteiger partial charge in [-0.15, -0.1) is 0 Å². The average molecular weight is 314 g/mol. The third kappa shape index (κ3) is 3.23. The number of nitrogens with zero attached hydrogens (tertiary/aromatic N) is 2. The Bertz CT molecular complexity index is 584. The predicted molar refractivity (Wildman–Crippen MR) is 74.0 cm³/mol. The lowest BCUT2D eigenvalue weighted by Crippen LogP contribution is -2.47. The molecule has 1 aliphatic heterocycles. The number of benzene rings is 1. The Morgan fingerprint density at radius 3 is 2.50 bits per heavy atom. The lowest BCUT2D eigenvalue weighted by Gasteiger charge is -2.37. The minimum atomic E-state index is -4.94. The fourth-order valence-corrected chi connectivity index (χ4v) is 2.63. The number of fused-ring (bicyclic) bond motifs is 1. The van der Waals surface area contributed by atoms with Crippen LogP contribution in [0.4, 0.5) is 13.2 Å². The third-order valence-corrected chi connectivity index (χ3v) is 3.78. The van der Waals surface area contributed by atoms with E-state index in [0.29, 0.717) is 12.0 Å². The second kappa shape index (κ2) is 5.98. The molecule has 1 unspecified atom stereocenters. The molecule has 120 valence electrons. The van der Waals surface area contributed by atoms with Gasteiger partial charge in [-0.1, -0.05) is 24.3 Å². The van der Waals surface area contributed by atoms with E-state index in [1.54, 1.807) is 18.2 Å². The maximum Gasteiger partial charge on any atom is 0.471 e. The second-order valence-electron chi connectivity index (χ2n) is 5.45. The van der Waals surface area contributed by atoms with E-state index < -0.39 is 18.1 Å². The topological polar surface area (TPSA) is 40.6 Å². The van der Waals surface area contributed by atoms with Crippen molar-refractivity contribution < 1.29 is 22.8 Å². The van der Waals surface area contributed by atoms with Crippen molar-refractivity contribution in [2.45, 2.75) is 25.1 Å². The van der Waals surface area contributed by atoms with Crippen molar-refractivity contribution in [2.75, 3.05) is 20.6 Å². The summed E-state index contributed by atoms with van der Waals surface area (Å²) in [4.78, 5) is 25.7. The number of amides is 2. The van der Waals surface area contributed by atoms with Gasteiger partial charge in [-0.25, -0.2) is 0 Å². The second-order valence-corrected chi connectivity index (χ2v) is 5.45. The highest BCUT2D eigenvalue weighted by Gasteiger charge is 2.46. The van der Waals surface area contributed by atoms with E-state index in [9.17, 15) is 22.8 Å². The lowest BCUT2D eigenvalue weighted by molar-refractivity contribution is -0.188. The molecule has 0 aromatic heterocycles. The van der Waals surface area contributed by atoms with Gasteiger partial charge in [0, 0.05) is 20.6 Å². The van der Waals surface area contributed by atoms with Gasteiger partial charge >= 0.3 is 12.1 Å². The van der Waals surface area contributed by atoms with Gasteiger partial charge < -0.3 is 9.80 Å². The quantitative estimate of drug-likeness (QED) is 0.839. The first kappa shape index (κ1) is 16.3. The monoisotopic (exact) mass is 314 g/mol. The van der Waals surface area contributed by atoms with Gasteiger partial charge in [0.25, 0.3) is 0 Å². The highest BCUT2D eigenvalue weighted by molar-refractivity contribution is 5.84. The summed E-state index contributed by atoms with van der Waals surface area (Å²) >= 11 is 0. The van der Waals surface area contributed by atoms with Crippen LogP contribution < -0.4 is 0 Å². The van der Waals surface area contributed by atoms with Crippen molar-refractivity contribution in [1.82, 2.24) is 9.80 Å². The van der Waals surface area contributed by atoms with Crippen molar-refractivity contribution in [1.29, 1.82) is 0 Å². The number of hydrogen-bond donors (Lipinski definition) is 0. The normalized spacial score (nSPS) is 17.9. The first-order valence-corrected chi connectivity index (χ1v) is 6.87. The number of rotatable bonds is 2. The van der Waals surface area contributed by atoms with Crippen molar-refractivity contribution in [3.05, 3.63) is 35.4 Å². The van der Waals surface area contributed by atoms with E-state index in [-0.39, 0.29) is 18.9 Å². The van der Waals surface area contributed by atoms with Crippen molar-refractivity contribution in [2.24, 2.45) is 0 Å². The van der Waals surface area contributed by atoms with Crippen LogP contribution in [-0.4, -0.2) is 48.4 Å².